The number of carboxylic acid groups (broad SMARTS) is 2. The fraction of sp³-hybridized carbons (Fsp3) is 0.200. The number of methoxy groups -OCH3 is 2. The second-order valence-electron chi connectivity index (χ2n) is 6.15. The number of ether oxygens (including phenoxy) is 2. The van der Waals surface area contributed by atoms with Crippen molar-refractivity contribution in [3.8, 4) is 11.5 Å². The molecule has 2 aromatic carbocycles. The molecule has 0 saturated carbocycles. The Morgan fingerprint density at radius 3 is 1.30 bits per heavy atom. The smallest absolute Gasteiger partial charge is 0.348 e. The van der Waals surface area contributed by atoms with E-state index in [0.29, 0.717) is 0 Å². The maximum absolute atomic E-state index is 12.9. The van der Waals surface area contributed by atoms with Gasteiger partial charge in [0.1, 0.15) is 11.5 Å². The lowest BCUT2D eigenvalue weighted by Gasteiger charge is -2.34. The number of hydrogen-bond donors (Lipinski definition) is 4. The Bertz CT molecular complexity index is 933. The molecule has 0 spiro atoms. The van der Waals surface area contributed by atoms with E-state index in [2.05, 4.69) is 0 Å². The first kappa shape index (κ1) is 22.5. The van der Waals surface area contributed by atoms with Crippen LogP contribution in [0.2, 0.25) is 0 Å². The first-order valence-corrected chi connectivity index (χ1v) is 8.33. The van der Waals surface area contributed by atoms with Crippen molar-refractivity contribution in [2.75, 3.05) is 14.2 Å². The molecule has 10 heteroatoms. The summed E-state index contributed by atoms with van der Waals surface area (Å²) in [6.07, 6.45) is 0. The molecule has 30 heavy (non-hydrogen) atoms. The number of carboxylic acids is 2. The molecule has 0 aromatic heterocycles. The molecule has 0 saturated heterocycles. The van der Waals surface area contributed by atoms with Crippen molar-refractivity contribution < 1.29 is 49.1 Å². The van der Waals surface area contributed by atoms with E-state index in [1.165, 1.54) is 38.5 Å². The minimum atomic E-state index is -4.06. The van der Waals surface area contributed by atoms with Crippen molar-refractivity contribution in [2.24, 2.45) is 0 Å². The molecule has 158 valence electrons. The number of benzene rings is 2. The highest BCUT2D eigenvalue weighted by atomic mass is 16.5. The second-order valence-corrected chi connectivity index (χ2v) is 6.15. The van der Waals surface area contributed by atoms with Gasteiger partial charge in [-0.1, -0.05) is 24.3 Å². The minimum Gasteiger partial charge on any atom is -0.497 e. The zero-order valence-electron chi connectivity index (χ0n) is 15.9. The molecule has 10 nitrogen and oxygen atoms in total. The van der Waals surface area contributed by atoms with Crippen LogP contribution in [0.15, 0.2) is 48.5 Å². The molecule has 0 radical (unpaired) electrons. The third-order valence-electron chi connectivity index (χ3n) is 4.46. The van der Waals surface area contributed by atoms with Gasteiger partial charge in [-0.3, -0.25) is 9.59 Å². The van der Waals surface area contributed by atoms with E-state index in [1.807, 2.05) is 0 Å². The Balaban J connectivity index is 2.72. The zero-order valence-corrected chi connectivity index (χ0v) is 15.9. The fourth-order valence-corrected chi connectivity index (χ4v) is 2.78. The lowest BCUT2D eigenvalue weighted by Crippen LogP contribution is -2.71. The third kappa shape index (κ3) is 3.49. The van der Waals surface area contributed by atoms with Crippen LogP contribution in [0, 0.1) is 0 Å². The van der Waals surface area contributed by atoms with Crippen LogP contribution >= 0.6 is 0 Å². The van der Waals surface area contributed by atoms with Crippen molar-refractivity contribution >= 4 is 23.5 Å². The number of hydrogen-bond acceptors (Lipinski definition) is 8. The topological polar surface area (TPSA) is 168 Å². The lowest BCUT2D eigenvalue weighted by atomic mass is 9.73. The van der Waals surface area contributed by atoms with Crippen LogP contribution in [0.5, 0.6) is 11.5 Å². The van der Waals surface area contributed by atoms with Gasteiger partial charge < -0.3 is 29.9 Å². The average Bonchev–Trinajstić information content (AvgIpc) is 2.76. The first-order chi connectivity index (χ1) is 14.0. The van der Waals surface area contributed by atoms with Gasteiger partial charge in [0.2, 0.25) is 11.6 Å². The molecule has 2 rings (SSSR count). The second kappa shape index (κ2) is 8.31. The molecule has 4 N–H and O–H groups in total. The number of ketones is 2. The summed E-state index contributed by atoms with van der Waals surface area (Å²) in [7, 11) is 2.51. The summed E-state index contributed by atoms with van der Waals surface area (Å²) in [6, 6.07) is 9.54. The third-order valence-corrected chi connectivity index (χ3v) is 4.46. The van der Waals surface area contributed by atoms with Crippen molar-refractivity contribution in [1.29, 1.82) is 0 Å². The molecule has 0 bridgehead atoms. The van der Waals surface area contributed by atoms with E-state index in [1.54, 1.807) is 0 Å². The van der Waals surface area contributed by atoms with E-state index in [0.717, 1.165) is 24.3 Å². The van der Waals surface area contributed by atoms with Crippen LogP contribution in [0.25, 0.3) is 0 Å². The molecule has 0 amide bonds. The summed E-state index contributed by atoms with van der Waals surface area (Å²) in [5.74, 6) is -8.14. The normalized spacial score (nSPS) is 14.7. The molecule has 0 aliphatic rings. The highest BCUT2D eigenvalue weighted by Gasteiger charge is 2.70. The van der Waals surface area contributed by atoms with E-state index in [-0.39, 0.29) is 11.5 Å². The fourth-order valence-electron chi connectivity index (χ4n) is 2.78. The molecule has 2 aromatic rings. The van der Waals surface area contributed by atoms with Crippen LogP contribution in [0.4, 0.5) is 0 Å². The Morgan fingerprint density at radius 1 is 0.700 bits per heavy atom. The summed E-state index contributed by atoms with van der Waals surface area (Å²) in [5.41, 5.74) is -9.13. The Kier molecular flexibility index (Phi) is 6.24. The van der Waals surface area contributed by atoms with Crippen molar-refractivity contribution in [1.82, 2.24) is 0 Å². The van der Waals surface area contributed by atoms with E-state index in [4.69, 9.17) is 9.47 Å². The quantitative estimate of drug-likeness (QED) is 0.330. The van der Waals surface area contributed by atoms with Crippen LogP contribution in [0.3, 0.4) is 0 Å². The van der Waals surface area contributed by atoms with Crippen LogP contribution in [-0.2, 0) is 9.59 Å². The molecular weight excluding hydrogens is 400 g/mol. The highest BCUT2D eigenvalue weighted by molar-refractivity contribution is 6.28. The summed E-state index contributed by atoms with van der Waals surface area (Å²) in [4.78, 5) is 49.6. The maximum Gasteiger partial charge on any atom is 0.348 e. The predicted octanol–water partition coefficient (Wildman–Crippen LogP) is 0.401. The molecular formula is C20H18O10. The predicted molar refractivity (Wildman–Crippen MR) is 99.8 cm³/mol. The first-order valence-electron chi connectivity index (χ1n) is 8.33. The standard InChI is InChI=1S/C20H18O10/c1-29-13-7-3-5-11(9-13)15(21)19(27,17(23)24)20(28,18(25)26)16(22)12-6-4-8-14(10-12)30-2/h3-10,27-28H,1-2H3,(H,23,24)(H,25,26)/t19-,20-/m1/s1. The number of aliphatic carboxylic acids is 2. The zero-order chi connectivity index (χ0) is 22.7. The Hall–Kier alpha value is -3.76. The van der Waals surface area contributed by atoms with Gasteiger partial charge in [-0.2, -0.15) is 0 Å². The Labute approximate surface area is 169 Å². The largest absolute Gasteiger partial charge is 0.497 e. The molecule has 0 fully saturated rings. The number of rotatable bonds is 9. The summed E-state index contributed by atoms with van der Waals surface area (Å²) >= 11 is 0. The van der Waals surface area contributed by atoms with Gasteiger partial charge in [-0.15, -0.1) is 0 Å². The molecule has 0 unspecified atom stereocenters. The summed E-state index contributed by atoms with van der Waals surface area (Å²) in [5, 5.41) is 40.6. The monoisotopic (exact) mass is 418 g/mol. The average molecular weight is 418 g/mol. The van der Waals surface area contributed by atoms with Gasteiger partial charge in [-0.25, -0.2) is 9.59 Å². The van der Waals surface area contributed by atoms with Gasteiger partial charge >= 0.3 is 11.9 Å². The maximum atomic E-state index is 12.9. The number of carbonyl (C=O) groups is 4. The SMILES string of the molecule is COc1cccc(C(=O)[C@@](O)(C(=O)O)[C@](O)(C(=O)O)C(=O)c2cccc(OC)c2)c1. The minimum absolute atomic E-state index is 0.0894. The summed E-state index contributed by atoms with van der Waals surface area (Å²) < 4.78 is 9.83. The van der Waals surface area contributed by atoms with E-state index in [9.17, 15) is 39.6 Å². The van der Waals surface area contributed by atoms with E-state index >= 15 is 0 Å². The lowest BCUT2D eigenvalue weighted by molar-refractivity contribution is -0.187. The molecule has 2 atom stereocenters. The van der Waals surface area contributed by atoms with Crippen LogP contribution in [-0.4, -0.2) is 69.4 Å². The van der Waals surface area contributed by atoms with Gasteiger partial charge in [0.15, 0.2) is 0 Å². The number of Topliss-reactive ketones (excluding diaryl/α,β-unsaturated/α-hetero) is 2. The van der Waals surface area contributed by atoms with Gasteiger partial charge in [0.25, 0.3) is 11.2 Å². The van der Waals surface area contributed by atoms with Crippen molar-refractivity contribution in [3.63, 3.8) is 0 Å². The van der Waals surface area contributed by atoms with Crippen molar-refractivity contribution in [3.05, 3.63) is 59.7 Å². The molecule has 0 aliphatic carbocycles. The van der Waals surface area contributed by atoms with Crippen LogP contribution in [0.1, 0.15) is 20.7 Å². The van der Waals surface area contributed by atoms with Gasteiger partial charge in [0.05, 0.1) is 14.2 Å². The highest BCUT2D eigenvalue weighted by Crippen LogP contribution is 2.33. The summed E-state index contributed by atoms with van der Waals surface area (Å²) in [6.45, 7) is 0. The molecule has 0 heterocycles. The van der Waals surface area contributed by atoms with Gasteiger partial charge in [0, 0.05) is 11.1 Å². The van der Waals surface area contributed by atoms with Crippen molar-refractivity contribution in [2.45, 2.75) is 11.2 Å². The number of carbonyl (C=O) groups excluding carboxylic acids is 2. The molecule has 0 aliphatic heterocycles. The van der Waals surface area contributed by atoms with Gasteiger partial charge in [-0.05, 0) is 24.3 Å². The number of aliphatic hydroxyl groups is 2. The van der Waals surface area contributed by atoms with E-state index < -0.39 is 45.8 Å². The Morgan fingerprint density at radius 2 is 1.03 bits per heavy atom. The van der Waals surface area contributed by atoms with Crippen LogP contribution < -0.4 is 9.47 Å².